The van der Waals surface area contributed by atoms with Gasteiger partial charge in [0.2, 0.25) is 0 Å². The first kappa shape index (κ1) is 22.1. The van der Waals surface area contributed by atoms with Crippen LogP contribution in [0.2, 0.25) is 0 Å². The van der Waals surface area contributed by atoms with Crippen LogP contribution in [0.5, 0.6) is 11.5 Å². The van der Waals surface area contributed by atoms with Gasteiger partial charge in [-0.1, -0.05) is 24.3 Å². The third-order valence-corrected chi connectivity index (χ3v) is 4.66. The minimum absolute atomic E-state index is 0.00291. The van der Waals surface area contributed by atoms with Gasteiger partial charge in [-0.05, 0) is 53.6 Å². The number of aliphatic hydroxyl groups excluding tert-OH is 1. The Hall–Kier alpha value is -3.60. The van der Waals surface area contributed by atoms with Gasteiger partial charge in [-0.25, -0.2) is 0 Å². The Kier molecular flexibility index (Phi) is 6.75. The van der Waals surface area contributed by atoms with Gasteiger partial charge in [-0.15, -0.1) is 0 Å². The van der Waals surface area contributed by atoms with Crippen molar-refractivity contribution in [2.24, 2.45) is 5.14 Å². The van der Waals surface area contributed by atoms with Gasteiger partial charge in [0.1, 0.15) is 0 Å². The van der Waals surface area contributed by atoms with E-state index in [4.69, 9.17) is 15.6 Å². The van der Waals surface area contributed by atoms with Crippen LogP contribution in [0, 0.1) is 0 Å². The number of nitrogens with zero attached hydrogens (tertiary/aromatic N) is 1. The Bertz CT molecular complexity index is 1230. The molecule has 1 heterocycles. The molecule has 0 spiro atoms. The molecule has 0 saturated heterocycles. The number of ether oxygens (including phenoxy) is 1. The Morgan fingerprint density at radius 1 is 1.03 bits per heavy atom. The van der Waals surface area contributed by atoms with E-state index in [1.165, 1.54) is 13.2 Å². The fraction of sp³-hybridized carbons (Fsp3) is 0.0952. The second-order valence-corrected chi connectivity index (χ2v) is 7.67. The first-order chi connectivity index (χ1) is 14.8. The molecule has 0 aliphatic carbocycles. The van der Waals surface area contributed by atoms with Crippen LogP contribution in [-0.2, 0) is 16.9 Å². The maximum absolute atomic E-state index is 11.1. The molecule has 0 aliphatic rings. The predicted octanol–water partition coefficient (Wildman–Crippen LogP) is 2.42. The summed E-state index contributed by atoms with van der Waals surface area (Å²) in [5, 5.41) is 21.3. The number of aromatic amines is 1. The molecule has 0 aliphatic heterocycles. The molecule has 0 bridgehead atoms. The highest BCUT2D eigenvalue weighted by atomic mass is 32.2. The largest absolute Gasteiger partial charge is 0.493 e. The lowest BCUT2D eigenvalue weighted by atomic mass is 10.1. The van der Waals surface area contributed by atoms with Crippen LogP contribution in [0.15, 0.2) is 42.5 Å². The fourth-order valence-corrected chi connectivity index (χ4v) is 3.13. The standard InChI is InChI=1S/C21H22N4O5S/c1-29-21-11-15(5-9-20(21)30-31(23,27)28)3-7-18-12-17(24-25-18)6-2-14-4-8-19(22)16(10-14)13-26/h2-12,26H,13,22H2,1H3,(H,24,25)(H2,23,27,28)/b6-2+,7-3+. The molecule has 0 atom stereocenters. The summed E-state index contributed by atoms with van der Waals surface area (Å²) in [5.41, 5.74) is 10.1. The summed E-state index contributed by atoms with van der Waals surface area (Å²) < 4.78 is 32.1. The second kappa shape index (κ2) is 9.47. The van der Waals surface area contributed by atoms with Crippen molar-refractivity contribution in [2.75, 3.05) is 12.8 Å². The lowest BCUT2D eigenvalue weighted by Crippen LogP contribution is -2.19. The van der Waals surface area contributed by atoms with Crippen molar-refractivity contribution in [3.63, 3.8) is 0 Å². The third-order valence-electron chi connectivity index (χ3n) is 4.25. The SMILES string of the molecule is COc1cc(/C=C/c2cc(/C=C/c3ccc(N)c(CO)c3)n[nH]2)ccc1OS(N)(=O)=O. The number of methoxy groups -OCH3 is 1. The minimum atomic E-state index is -4.14. The molecule has 0 unspecified atom stereocenters. The summed E-state index contributed by atoms with van der Waals surface area (Å²) >= 11 is 0. The van der Waals surface area contributed by atoms with E-state index in [0.29, 0.717) is 11.3 Å². The van der Waals surface area contributed by atoms with Gasteiger partial charge in [0, 0.05) is 11.3 Å². The van der Waals surface area contributed by atoms with Crippen molar-refractivity contribution in [2.45, 2.75) is 6.61 Å². The summed E-state index contributed by atoms with van der Waals surface area (Å²) in [6.45, 7) is -0.120. The van der Waals surface area contributed by atoms with Gasteiger partial charge >= 0.3 is 10.3 Å². The van der Waals surface area contributed by atoms with Gasteiger partial charge < -0.3 is 19.8 Å². The van der Waals surface area contributed by atoms with Gasteiger partial charge in [0.15, 0.2) is 11.5 Å². The van der Waals surface area contributed by atoms with Gasteiger partial charge in [0.25, 0.3) is 0 Å². The quantitative estimate of drug-likeness (QED) is 0.391. The Morgan fingerprint density at radius 3 is 2.45 bits per heavy atom. The fourth-order valence-electron chi connectivity index (χ4n) is 2.74. The number of benzene rings is 2. The average molecular weight is 442 g/mol. The van der Waals surface area contributed by atoms with Crippen molar-refractivity contribution in [1.82, 2.24) is 10.2 Å². The van der Waals surface area contributed by atoms with E-state index in [0.717, 1.165) is 22.5 Å². The first-order valence-corrected chi connectivity index (χ1v) is 10.6. The zero-order valence-electron chi connectivity index (χ0n) is 16.6. The molecule has 10 heteroatoms. The Labute approximate surface area is 179 Å². The second-order valence-electron chi connectivity index (χ2n) is 6.52. The number of anilines is 1. The summed E-state index contributed by atoms with van der Waals surface area (Å²) in [4.78, 5) is 0. The van der Waals surface area contributed by atoms with Crippen LogP contribution in [-0.4, -0.2) is 30.8 Å². The molecule has 3 rings (SSSR count). The van der Waals surface area contributed by atoms with Crippen molar-refractivity contribution in [1.29, 1.82) is 0 Å². The summed E-state index contributed by atoms with van der Waals surface area (Å²) in [6, 6.07) is 12.0. The molecule has 2 aromatic carbocycles. The number of aliphatic hydroxyl groups is 1. The van der Waals surface area contributed by atoms with Crippen LogP contribution in [0.25, 0.3) is 24.3 Å². The average Bonchev–Trinajstić information content (AvgIpc) is 3.19. The molecule has 6 N–H and O–H groups in total. The normalized spacial score (nSPS) is 12.0. The number of hydrogen-bond donors (Lipinski definition) is 4. The minimum Gasteiger partial charge on any atom is -0.493 e. The molecule has 0 radical (unpaired) electrons. The number of H-pyrrole nitrogens is 1. The number of nitrogens with one attached hydrogen (secondary N) is 1. The van der Waals surface area contributed by atoms with Crippen molar-refractivity contribution in [3.8, 4) is 11.5 Å². The van der Waals surface area contributed by atoms with Crippen molar-refractivity contribution < 1.29 is 22.4 Å². The molecule has 1 aromatic heterocycles. The molecule has 31 heavy (non-hydrogen) atoms. The van der Waals surface area contributed by atoms with E-state index < -0.39 is 10.3 Å². The number of hydrogen-bond acceptors (Lipinski definition) is 7. The van der Waals surface area contributed by atoms with Crippen molar-refractivity contribution in [3.05, 3.63) is 70.5 Å². The number of nitrogens with two attached hydrogens (primary N) is 2. The van der Waals surface area contributed by atoms with Crippen LogP contribution in [0.3, 0.4) is 0 Å². The number of rotatable bonds is 8. The topological polar surface area (TPSA) is 154 Å². The molecule has 3 aromatic rings. The zero-order valence-corrected chi connectivity index (χ0v) is 17.5. The van der Waals surface area contributed by atoms with Crippen molar-refractivity contribution >= 4 is 40.3 Å². The van der Waals surface area contributed by atoms with E-state index in [2.05, 4.69) is 14.4 Å². The van der Waals surface area contributed by atoms with Crippen LogP contribution < -0.4 is 19.8 Å². The lowest BCUT2D eigenvalue weighted by Gasteiger charge is -2.08. The first-order valence-electron chi connectivity index (χ1n) is 9.08. The molecule has 0 amide bonds. The Morgan fingerprint density at radius 2 is 1.74 bits per heavy atom. The van der Waals surface area contributed by atoms with E-state index in [1.807, 2.05) is 36.4 Å². The predicted molar refractivity (Wildman–Crippen MR) is 120 cm³/mol. The van der Waals surface area contributed by atoms with Crippen LogP contribution in [0.4, 0.5) is 5.69 Å². The van der Waals surface area contributed by atoms with Gasteiger partial charge in [-0.3, -0.25) is 5.10 Å². The van der Waals surface area contributed by atoms with Gasteiger partial charge in [0.05, 0.1) is 25.1 Å². The molecule has 162 valence electrons. The van der Waals surface area contributed by atoms with Gasteiger partial charge in [-0.2, -0.15) is 18.7 Å². The van der Waals surface area contributed by atoms with E-state index in [1.54, 1.807) is 24.3 Å². The summed E-state index contributed by atoms with van der Waals surface area (Å²) in [7, 11) is -2.74. The summed E-state index contributed by atoms with van der Waals surface area (Å²) in [6.07, 6.45) is 7.32. The highest BCUT2D eigenvalue weighted by Crippen LogP contribution is 2.29. The molecular formula is C21H22N4O5S. The molecule has 9 nitrogen and oxygen atoms in total. The van der Waals surface area contributed by atoms with Crippen LogP contribution >= 0.6 is 0 Å². The third kappa shape index (κ3) is 6.19. The van der Waals surface area contributed by atoms with E-state index in [9.17, 15) is 13.5 Å². The maximum Gasteiger partial charge on any atom is 0.380 e. The van der Waals surface area contributed by atoms with E-state index >= 15 is 0 Å². The number of aromatic nitrogens is 2. The maximum atomic E-state index is 11.1. The monoisotopic (exact) mass is 442 g/mol. The highest BCUT2D eigenvalue weighted by Gasteiger charge is 2.11. The zero-order chi connectivity index (χ0) is 22.4. The van der Waals surface area contributed by atoms with Crippen LogP contribution in [0.1, 0.15) is 28.1 Å². The highest BCUT2D eigenvalue weighted by molar-refractivity contribution is 7.84. The lowest BCUT2D eigenvalue weighted by molar-refractivity contribution is 0.282. The molecular weight excluding hydrogens is 420 g/mol. The summed E-state index contributed by atoms with van der Waals surface area (Å²) in [5.74, 6) is 0.235. The smallest absolute Gasteiger partial charge is 0.380 e. The molecule has 0 fully saturated rings. The number of nitrogen functional groups attached to an aromatic ring is 1. The Balaban J connectivity index is 1.72. The molecule has 0 saturated carbocycles. The van der Waals surface area contributed by atoms with E-state index in [-0.39, 0.29) is 18.1 Å².